The molecule has 0 radical (unpaired) electrons. The van der Waals surface area contributed by atoms with Gasteiger partial charge in [-0.25, -0.2) is 0 Å². The lowest BCUT2D eigenvalue weighted by Crippen LogP contribution is -2.42. The monoisotopic (exact) mass is 238 g/mol. The summed E-state index contributed by atoms with van der Waals surface area (Å²) in [6.45, 7) is 4.99. The van der Waals surface area contributed by atoms with Crippen molar-refractivity contribution in [3.8, 4) is 0 Å². The van der Waals surface area contributed by atoms with Gasteiger partial charge in [-0.15, -0.1) is 0 Å². The number of nitrogens with one attached hydrogen (secondary N) is 2. The zero-order chi connectivity index (χ0) is 12.5. The van der Waals surface area contributed by atoms with Crippen LogP contribution in [0.15, 0.2) is 17.1 Å². The Morgan fingerprint density at radius 2 is 2.06 bits per heavy atom. The molecule has 0 aromatic rings. The lowest BCUT2D eigenvalue weighted by atomic mass is 10.2. The van der Waals surface area contributed by atoms with Gasteiger partial charge in [0.1, 0.15) is 0 Å². The maximum absolute atomic E-state index is 4.59. The van der Waals surface area contributed by atoms with E-state index in [1.165, 1.54) is 0 Å². The molecule has 4 heteroatoms. The molecule has 0 bridgehead atoms. The average Bonchev–Trinajstić information content (AvgIpc) is 2.77. The quantitative estimate of drug-likeness (QED) is 0.316. The topological polar surface area (TPSA) is 39.7 Å². The molecule has 0 aromatic carbocycles. The van der Waals surface area contributed by atoms with E-state index in [9.17, 15) is 0 Å². The highest BCUT2D eigenvalue weighted by molar-refractivity contribution is 5.80. The van der Waals surface area contributed by atoms with Crippen LogP contribution in [0, 0.1) is 0 Å². The second-order valence-electron chi connectivity index (χ2n) is 4.70. The van der Waals surface area contributed by atoms with Gasteiger partial charge in [-0.1, -0.05) is 12.2 Å². The van der Waals surface area contributed by atoms with Crippen molar-refractivity contribution in [3.05, 3.63) is 12.2 Å². The Bertz CT molecular complexity index is 250. The van der Waals surface area contributed by atoms with Crippen molar-refractivity contribution in [1.29, 1.82) is 0 Å². The molecule has 0 saturated heterocycles. The van der Waals surface area contributed by atoms with E-state index in [-0.39, 0.29) is 0 Å². The third-order valence-electron chi connectivity index (χ3n) is 2.73. The van der Waals surface area contributed by atoms with E-state index in [1.807, 2.05) is 0 Å². The van der Waals surface area contributed by atoms with Crippen molar-refractivity contribution >= 4 is 5.96 Å². The molecule has 4 nitrogen and oxygen atoms in total. The number of hydrogen-bond acceptors (Lipinski definition) is 2. The summed E-state index contributed by atoms with van der Waals surface area (Å²) in [5.41, 5.74) is 0. The average molecular weight is 238 g/mol. The molecule has 1 aliphatic rings. The first kappa shape index (κ1) is 14.0. The summed E-state index contributed by atoms with van der Waals surface area (Å²) in [7, 11) is 4.19. The second-order valence-corrected chi connectivity index (χ2v) is 4.70. The fraction of sp³-hybridized carbons (Fsp3) is 0.769. The summed E-state index contributed by atoms with van der Waals surface area (Å²) in [6, 6.07) is 0.529. The predicted molar refractivity (Wildman–Crippen MR) is 74.4 cm³/mol. The van der Waals surface area contributed by atoms with E-state index in [4.69, 9.17) is 0 Å². The van der Waals surface area contributed by atoms with Gasteiger partial charge in [0.2, 0.25) is 0 Å². The molecular weight excluding hydrogens is 212 g/mol. The minimum Gasteiger partial charge on any atom is -0.357 e. The van der Waals surface area contributed by atoms with Crippen LogP contribution in [0.25, 0.3) is 0 Å². The Hall–Kier alpha value is -1.03. The first-order chi connectivity index (χ1) is 8.22. The Balaban J connectivity index is 2.27. The summed E-state index contributed by atoms with van der Waals surface area (Å²) < 4.78 is 0. The molecule has 0 atom stereocenters. The van der Waals surface area contributed by atoms with Gasteiger partial charge < -0.3 is 15.5 Å². The molecule has 0 heterocycles. The maximum Gasteiger partial charge on any atom is 0.191 e. The molecule has 17 heavy (non-hydrogen) atoms. The van der Waals surface area contributed by atoms with Crippen molar-refractivity contribution in [2.24, 2.45) is 4.99 Å². The van der Waals surface area contributed by atoms with Gasteiger partial charge >= 0.3 is 0 Å². The number of rotatable bonds is 6. The van der Waals surface area contributed by atoms with E-state index in [1.54, 1.807) is 0 Å². The van der Waals surface area contributed by atoms with Gasteiger partial charge in [-0.05, 0) is 46.8 Å². The van der Waals surface area contributed by atoms with Gasteiger partial charge in [-0.2, -0.15) is 0 Å². The van der Waals surface area contributed by atoms with Crippen LogP contribution in [0.5, 0.6) is 0 Å². The third kappa shape index (κ3) is 6.31. The van der Waals surface area contributed by atoms with Gasteiger partial charge in [0.25, 0.3) is 0 Å². The van der Waals surface area contributed by atoms with Crippen molar-refractivity contribution in [1.82, 2.24) is 15.5 Å². The largest absolute Gasteiger partial charge is 0.357 e. The van der Waals surface area contributed by atoms with Crippen molar-refractivity contribution in [2.45, 2.75) is 32.2 Å². The van der Waals surface area contributed by atoms with E-state index >= 15 is 0 Å². The summed E-state index contributed by atoms with van der Waals surface area (Å²) >= 11 is 0. The first-order valence-electron chi connectivity index (χ1n) is 6.57. The molecule has 0 amide bonds. The Labute approximate surface area is 105 Å². The van der Waals surface area contributed by atoms with Gasteiger partial charge in [-0.3, -0.25) is 4.99 Å². The minimum absolute atomic E-state index is 0.529. The van der Waals surface area contributed by atoms with Crippen molar-refractivity contribution in [2.75, 3.05) is 33.7 Å². The first-order valence-corrected chi connectivity index (χ1v) is 6.57. The fourth-order valence-corrected chi connectivity index (χ4v) is 1.83. The molecule has 0 unspecified atom stereocenters. The van der Waals surface area contributed by atoms with Crippen molar-refractivity contribution < 1.29 is 0 Å². The summed E-state index contributed by atoms with van der Waals surface area (Å²) in [4.78, 5) is 6.78. The zero-order valence-corrected chi connectivity index (χ0v) is 11.4. The number of guanidine groups is 1. The number of nitrogens with zero attached hydrogens (tertiary/aromatic N) is 2. The van der Waals surface area contributed by atoms with Crippen LogP contribution in [0.3, 0.4) is 0 Å². The van der Waals surface area contributed by atoms with Gasteiger partial charge in [0.15, 0.2) is 5.96 Å². The number of aliphatic imine (C=N–C) groups is 1. The Morgan fingerprint density at radius 1 is 1.35 bits per heavy atom. The molecule has 0 aliphatic heterocycles. The smallest absolute Gasteiger partial charge is 0.191 e. The van der Waals surface area contributed by atoms with E-state index in [0.717, 1.165) is 44.9 Å². The number of hydrogen-bond donors (Lipinski definition) is 2. The normalized spacial score (nSPS) is 16.8. The molecule has 0 spiro atoms. The Morgan fingerprint density at radius 3 is 2.65 bits per heavy atom. The highest BCUT2D eigenvalue weighted by Gasteiger charge is 2.10. The Kier molecular flexibility index (Phi) is 6.70. The van der Waals surface area contributed by atoms with Crippen LogP contribution in [0.2, 0.25) is 0 Å². The molecule has 0 saturated carbocycles. The van der Waals surface area contributed by atoms with Crippen LogP contribution in [-0.4, -0.2) is 50.6 Å². The minimum atomic E-state index is 0.529. The predicted octanol–water partition coefficient (Wildman–Crippen LogP) is 1.21. The molecule has 2 N–H and O–H groups in total. The van der Waals surface area contributed by atoms with Crippen LogP contribution < -0.4 is 10.6 Å². The fourth-order valence-electron chi connectivity index (χ4n) is 1.83. The molecule has 98 valence electrons. The summed E-state index contributed by atoms with van der Waals surface area (Å²) in [6.07, 6.45) is 7.79. The molecule has 0 fully saturated rings. The lowest BCUT2D eigenvalue weighted by molar-refractivity contribution is 0.403. The van der Waals surface area contributed by atoms with Crippen LogP contribution in [0.1, 0.15) is 26.2 Å². The second kappa shape index (κ2) is 8.12. The van der Waals surface area contributed by atoms with E-state index in [2.05, 4.69) is 53.7 Å². The molecule has 1 aliphatic carbocycles. The van der Waals surface area contributed by atoms with Crippen LogP contribution in [-0.2, 0) is 0 Å². The standard InChI is InChI=1S/C13H26N4/c1-4-14-13(15-10-7-11-17(2)3)16-12-8-5-6-9-12/h5-6,12H,4,7-11H2,1-3H3,(H2,14,15,16). The van der Waals surface area contributed by atoms with Crippen molar-refractivity contribution in [3.63, 3.8) is 0 Å². The maximum atomic E-state index is 4.59. The summed E-state index contributed by atoms with van der Waals surface area (Å²) in [5, 5.41) is 6.76. The van der Waals surface area contributed by atoms with E-state index < -0.39 is 0 Å². The highest BCUT2D eigenvalue weighted by Crippen LogP contribution is 2.08. The lowest BCUT2D eigenvalue weighted by Gasteiger charge is -2.16. The molecular formula is C13H26N4. The van der Waals surface area contributed by atoms with Gasteiger partial charge in [0.05, 0.1) is 0 Å². The van der Waals surface area contributed by atoms with Crippen LogP contribution in [0.4, 0.5) is 0 Å². The van der Waals surface area contributed by atoms with Gasteiger partial charge in [0, 0.05) is 19.1 Å². The summed E-state index contributed by atoms with van der Waals surface area (Å²) in [5.74, 6) is 0.958. The molecule has 1 rings (SSSR count). The SMILES string of the molecule is CCNC(=NCCCN(C)C)NC1CC=CC1. The molecule has 0 aromatic heterocycles. The van der Waals surface area contributed by atoms with Crippen LogP contribution >= 0.6 is 0 Å². The zero-order valence-electron chi connectivity index (χ0n) is 11.4. The highest BCUT2D eigenvalue weighted by atomic mass is 15.2. The third-order valence-corrected chi connectivity index (χ3v) is 2.73. The van der Waals surface area contributed by atoms with E-state index in [0.29, 0.717) is 6.04 Å².